The normalized spacial score (nSPS) is 23.6. The molecule has 6 heteroatoms. The molecule has 5 nitrogen and oxygen atoms in total. The molecule has 3 aromatic rings. The number of nitrogens with one attached hydrogen (secondary N) is 1. The van der Waals surface area contributed by atoms with Crippen LogP contribution in [0.2, 0.25) is 0 Å². The Hall–Kier alpha value is -2.11. The Morgan fingerprint density at radius 1 is 1.07 bits per heavy atom. The van der Waals surface area contributed by atoms with Gasteiger partial charge in [0.05, 0.1) is 17.3 Å². The first-order valence-corrected chi connectivity index (χ1v) is 11.2. The van der Waals surface area contributed by atoms with E-state index in [1.54, 1.807) is 0 Å². The summed E-state index contributed by atoms with van der Waals surface area (Å²) in [6.45, 7) is 3.22. The average molecular weight is 425 g/mol. The van der Waals surface area contributed by atoms with Crippen LogP contribution in [0.25, 0.3) is 22.2 Å². The van der Waals surface area contributed by atoms with Crippen molar-refractivity contribution in [3.8, 4) is 17.0 Å². The van der Waals surface area contributed by atoms with E-state index in [1.165, 1.54) is 50.6 Å². The number of aromatic nitrogens is 3. The molecule has 158 valence electrons. The number of fused-ring (bicyclic) bond motifs is 3. The van der Waals surface area contributed by atoms with Crippen LogP contribution in [0, 0.1) is 0 Å². The molecule has 0 bridgehead atoms. The van der Waals surface area contributed by atoms with E-state index in [0.717, 1.165) is 47.5 Å². The predicted molar refractivity (Wildman–Crippen MR) is 121 cm³/mol. The van der Waals surface area contributed by atoms with Crippen LogP contribution >= 0.6 is 12.4 Å². The summed E-state index contributed by atoms with van der Waals surface area (Å²) >= 11 is 0. The standard InChI is InChI=1S/C24H28N4O.ClH/c1-2-4-19(5-3-1)29-20-6-7-21-17(13-20)12-18(15-26-21)22-14-23-24(8-10-25-16-24)9-11-28(23)27-22;/h6-7,12-15,19,25H,1-5,8-11,16H2;1H. The third kappa shape index (κ3) is 3.38. The Balaban J connectivity index is 0.00000193. The maximum absolute atomic E-state index is 6.27. The van der Waals surface area contributed by atoms with Crippen molar-refractivity contribution in [1.29, 1.82) is 0 Å². The summed E-state index contributed by atoms with van der Waals surface area (Å²) in [6.07, 6.45) is 11.0. The molecule has 2 fully saturated rings. The van der Waals surface area contributed by atoms with Gasteiger partial charge in [-0.1, -0.05) is 6.42 Å². The summed E-state index contributed by atoms with van der Waals surface area (Å²) in [5, 5.41) is 9.59. The molecule has 1 aliphatic carbocycles. The van der Waals surface area contributed by atoms with E-state index < -0.39 is 0 Å². The molecular weight excluding hydrogens is 396 g/mol. The zero-order valence-corrected chi connectivity index (χ0v) is 18.1. The van der Waals surface area contributed by atoms with Crippen molar-refractivity contribution in [2.24, 2.45) is 0 Å². The van der Waals surface area contributed by atoms with Crippen LogP contribution in [0.3, 0.4) is 0 Å². The van der Waals surface area contributed by atoms with E-state index in [0.29, 0.717) is 6.10 Å². The summed E-state index contributed by atoms with van der Waals surface area (Å²) in [6, 6.07) is 10.8. The second-order valence-corrected chi connectivity index (χ2v) is 9.05. The monoisotopic (exact) mass is 424 g/mol. The van der Waals surface area contributed by atoms with Crippen molar-refractivity contribution in [3.05, 3.63) is 42.2 Å². The van der Waals surface area contributed by atoms with E-state index >= 15 is 0 Å². The van der Waals surface area contributed by atoms with Gasteiger partial charge in [-0.15, -0.1) is 12.4 Å². The first kappa shape index (κ1) is 19.8. The van der Waals surface area contributed by atoms with Gasteiger partial charge in [0.25, 0.3) is 0 Å². The van der Waals surface area contributed by atoms with Crippen LogP contribution < -0.4 is 10.1 Å². The van der Waals surface area contributed by atoms with Gasteiger partial charge in [-0.3, -0.25) is 9.67 Å². The van der Waals surface area contributed by atoms with Crippen molar-refractivity contribution in [3.63, 3.8) is 0 Å². The van der Waals surface area contributed by atoms with Crippen LogP contribution in [-0.2, 0) is 12.0 Å². The molecule has 1 N–H and O–H groups in total. The lowest BCUT2D eigenvalue weighted by molar-refractivity contribution is 0.155. The van der Waals surface area contributed by atoms with Crippen molar-refractivity contribution >= 4 is 23.3 Å². The molecule has 0 radical (unpaired) electrons. The lowest BCUT2D eigenvalue weighted by Gasteiger charge is -2.23. The second-order valence-electron chi connectivity index (χ2n) is 9.05. The molecule has 2 aliphatic heterocycles. The van der Waals surface area contributed by atoms with Crippen molar-refractivity contribution in [2.45, 2.75) is 63.0 Å². The minimum atomic E-state index is 0. The molecule has 0 amide bonds. The van der Waals surface area contributed by atoms with E-state index in [4.69, 9.17) is 14.8 Å². The number of benzene rings is 1. The van der Waals surface area contributed by atoms with Gasteiger partial charge in [-0.2, -0.15) is 5.10 Å². The number of rotatable bonds is 3. The van der Waals surface area contributed by atoms with Gasteiger partial charge < -0.3 is 10.1 Å². The Morgan fingerprint density at radius 2 is 1.97 bits per heavy atom. The minimum absolute atomic E-state index is 0. The number of ether oxygens (including phenoxy) is 1. The molecule has 1 atom stereocenters. The molecule has 1 aromatic carbocycles. The van der Waals surface area contributed by atoms with Crippen molar-refractivity contribution in [2.75, 3.05) is 13.1 Å². The molecule has 1 spiro atoms. The smallest absolute Gasteiger partial charge is 0.120 e. The van der Waals surface area contributed by atoms with E-state index in [9.17, 15) is 0 Å². The number of aryl methyl sites for hydroxylation is 1. The lowest BCUT2D eigenvalue weighted by atomic mass is 9.82. The maximum Gasteiger partial charge on any atom is 0.120 e. The number of hydrogen-bond acceptors (Lipinski definition) is 4. The molecule has 6 rings (SSSR count). The highest BCUT2D eigenvalue weighted by molar-refractivity contribution is 5.85. The third-order valence-electron chi connectivity index (χ3n) is 7.17. The van der Waals surface area contributed by atoms with Crippen molar-refractivity contribution in [1.82, 2.24) is 20.1 Å². The topological polar surface area (TPSA) is 52.0 Å². The molecule has 1 unspecified atom stereocenters. The zero-order valence-electron chi connectivity index (χ0n) is 17.3. The van der Waals surface area contributed by atoms with E-state index in [2.05, 4.69) is 40.3 Å². The summed E-state index contributed by atoms with van der Waals surface area (Å²) in [4.78, 5) is 4.70. The lowest BCUT2D eigenvalue weighted by Crippen LogP contribution is -2.25. The highest BCUT2D eigenvalue weighted by Gasteiger charge is 2.42. The van der Waals surface area contributed by atoms with Crippen LogP contribution in [0.5, 0.6) is 5.75 Å². The van der Waals surface area contributed by atoms with Gasteiger partial charge >= 0.3 is 0 Å². The van der Waals surface area contributed by atoms with E-state index in [-0.39, 0.29) is 17.8 Å². The van der Waals surface area contributed by atoms with Crippen LogP contribution in [0.4, 0.5) is 0 Å². The van der Waals surface area contributed by atoms with Gasteiger partial charge in [-0.05, 0) is 75.4 Å². The first-order valence-electron chi connectivity index (χ1n) is 11.2. The quantitative estimate of drug-likeness (QED) is 0.651. The highest BCUT2D eigenvalue weighted by atomic mass is 35.5. The number of halogens is 1. The number of nitrogens with zero attached hydrogens (tertiary/aromatic N) is 3. The van der Waals surface area contributed by atoms with Gasteiger partial charge in [-0.25, -0.2) is 0 Å². The fourth-order valence-corrected chi connectivity index (χ4v) is 5.48. The van der Waals surface area contributed by atoms with Gasteiger partial charge in [0.1, 0.15) is 5.75 Å². The molecule has 4 heterocycles. The van der Waals surface area contributed by atoms with Crippen LogP contribution in [0.15, 0.2) is 36.5 Å². The molecule has 3 aliphatic rings. The molecule has 30 heavy (non-hydrogen) atoms. The molecule has 2 aromatic heterocycles. The fraction of sp³-hybridized carbons (Fsp3) is 0.500. The first-order chi connectivity index (χ1) is 14.3. The summed E-state index contributed by atoms with van der Waals surface area (Å²) in [7, 11) is 0. The Labute approximate surface area is 183 Å². The average Bonchev–Trinajstić information content (AvgIpc) is 3.47. The fourth-order valence-electron chi connectivity index (χ4n) is 5.48. The SMILES string of the molecule is Cl.c1cc2ncc(-c3cc4n(n3)CCC43CCNC3)cc2cc1OC1CCCCC1. The molecule has 1 saturated carbocycles. The number of pyridine rings is 1. The maximum atomic E-state index is 6.27. The Kier molecular flexibility index (Phi) is 5.19. The van der Waals surface area contributed by atoms with E-state index in [1.807, 2.05) is 6.20 Å². The minimum Gasteiger partial charge on any atom is -0.490 e. The van der Waals surface area contributed by atoms with Gasteiger partial charge in [0, 0.05) is 41.3 Å². The summed E-state index contributed by atoms with van der Waals surface area (Å²) in [5.41, 5.74) is 4.82. The van der Waals surface area contributed by atoms with Gasteiger partial charge in [0.15, 0.2) is 0 Å². The second kappa shape index (κ2) is 7.86. The highest BCUT2D eigenvalue weighted by Crippen LogP contribution is 2.41. The largest absolute Gasteiger partial charge is 0.490 e. The molecular formula is C24H29ClN4O. The van der Waals surface area contributed by atoms with Gasteiger partial charge in [0.2, 0.25) is 0 Å². The van der Waals surface area contributed by atoms with Crippen LogP contribution in [0.1, 0.15) is 50.6 Å². The number of hydrogen-bond donors (Lipinski definition) is 1. The Bertz CT molecular complexity index is 1050. The van der Waals surface area contributed by atoms with Crippen molar-refractivity contribution < 1.29 is 4.74 Å². The summed E-state index contributed by atoms with van der Waals surface area (Å²) in [5.74, 6) is 0.965. The Morgan fingerprint density at radius 3 is 2.80 bits per heavy atom. The summed E-state index contributed by atoms with van der Waals surface area (Å²) < 4.78 is 8.49. The predicted octanol–water partition coefficient (Wildman–Crippen LogP) is 4.87. The van der Waals surface area contributed by atoms with Crippen LogP contribution in [-0.4, -0.2) is 34.0 Å². The third-order valence-corrected chi connectivity index (χ3v) is 7.17. The zero-order chi connectivity index (χ0) is 19.3. The molecule has 1 saturated heterocycles.